The topological polar surface area (TPSA) is 90.1 Å². The lowest BCUT2D eigenvalue weighted by atomic mass is 10.0. The van der Waals surface area contributed by atoms with Crippen LogP contribution in [0.1, 0.15) is 52.3 Å². The second-order valence-corrected chi connectivity index (χ2v) is 5.77. The number of rotatable bonds is 4. The molecule has 2 aromatic rings. The molecule has 1 saturated heterocycles. The number of hydrogen-bond donors (Lipinski definition) is 1. The number of ether oxygens (including phenoxy) is 1. The Morgan fingerprint density at radius 2 is 1.91 bits per heavy atom. The van der Waals surface area contributed by atoms with Crippen molar-refractivity contribution in [2.45, 2.75) is 39.2 Å². The van der Waals surface area contributed by atoms with Crippen LogP contribution >= 0.6 is 0 Å². The molecule has 0 saturated carbocycles. The molecule has 0 aliphatic carbocycles. The quantitative estimate of drug-likeness (QED) is 0.926. The molecule has 0 aromatic carbocycles. The van der Waals surface area contributed by atoms with E-state index in [4.69, 9.17) is 9.15 Å². The largest absolute Gasteiger partial charge is 0.417 e. The Morgan fingerprint density at radius 3 is 2.61 bits per heavy atom. The Kier molecular flexibility index (Phi) is 4.66. The number of hydrogen-bond acceptors (Lipinski definition) is 6. The van der Waals surface area contributed by atoms with E-state index >= 15 is 0 Å². The van der Waals surface area contributed by atoms with E-state index in [2.05, 4.69) is 20.5 Å². The van der Waals surface area contributed by atoms with Crippen LogP contribution < -0.4 is 5.32 Å². The molecule has 0 spiro atoms. The van der Waals surface area contributed by atoms with Crippen LogP contribution in [0, 0.1) is 13.8 Å². The zero-order valence-corrected chi connectivity index (χ0v) is 13.3. The lowest BCUT2D eigenvalue weighted by molar-refractivity contribution is 0.0782. The molecule has 3 heterocycles. The minimum absolute atomic E-state index is 0.00833. The summed E-state index contributed by atoms with van der Waals surface area (Å²) in [7, 11) is 0. The number of nitrogens with zero attached hydrogens (tertiary/aromatic N) is 3. The van der Waals surface area contributed by atoms with Gasteiger partial charge in [-0.3, -0.25) is 9.78 Å². The van der Waals surface area contributed by atoms with Gasteiger partial charge in [0.2, 0.25) is 5.89 Å². The first kappa shape index (κ1) is 15.6. The van der Waals surface area contributed by atoms with Crippen LogP contribution in [0.15, 0.2) is 16.5 Å². The average Bonchev–Trinajstić information content (AvgIpc) is 3.03. The van der Waals surface area contributed by atoms with E-state index in [1.807, 2.05) is 26.0 Å². The number of aromatic nitrogens is 3. The molecule has 1 amide bonds. The van der Waals surface area contributed by atoms with Crippen LogP contribution in [0.3, 0.4) is 0 Å². The minimum atomic E-state index is -0.358. The van der Waals surface area contributed by atoms with Crippen molar-refractivity contribution in [2.24, 2.45) is 0 Å². The van der Waals surface area contributed by atoms with Crippen molar-refractivity contribution in [2.75, 3.05) is 13.2 Å². The molecule has 0 radical (unpaired) electrons. The van der Waals surface area contributed by atoms with Gasteiger partial charge in [0.05, 0.1) is 0 Å². The fourth-order valence-corrected chi connectivity index (χ4v) is 2.72. The van der Waals surface area contributed by atoms with Crippen molar-refractivity contribution in [3.8, 4) is 0 Å². The normalized spacial score (nSPS) is 15.6. The summed E-state index contributed by atoms with van der Waals surface area (Å²) in [6.07, 6.45) is 1.69. The molecule has 0 atom stereocenters. The molecule has 1 fully saturated rings. The molecular formula is C16H20N4O3. The zero-order chi connectivity index (χ0) is 16.2. The first-order valence-corrected chi connectivity index (χ1v) is 7.75. The lowest BCUT2D eigenvalue weighted by Gasteiger charge is -2.18. The number of aryl methyl sites for hydroxylation is 2. The third-order valence-corrected chi connectivity index (χ3v) is 3.80. The Labute approximate surface area is 134 Å². The molecule has 23 heavy (non-hydrogen) atoms. The maximum absolute atomic E-state index is 12.1. The van der Waals surface area contributed by atoms with Gasteiger partial charge in [-0.25, -0.2) is 0 Å². The summed E-state index contributed by atoms with van der Waals surface area (Å²) in [4.78, 5) is 16.4. The van der Waals surface area contributed by atoms with Crippen molar-refractivity contribution >= 4 is 5.91 Å². The molecular weight excluding hydrogens is 296 g/mol. The Morgan fingerprint density at radius 1 is 1.22 bits per heavy atom. The Balaban J connectivity index is 1.61. The highest BCUT2D eigenvalue weighted by Gasteiger charge is 2.23. The van der Waals surface area contributed by atoms with E-state index in [-0.39, 0.29) is 17.7 Å². The van der Waals surface area contributed by atoms with Crippen LogP contribution in [-0.4, -0.2) is 34.3 Å². The fraction of sp³-hybridized carbons (Fsp3) is 0.500. The molecule has 0 bridgehead atoms. The smallest absolute Gasteiger partial charge is 0.309 e. The van der Waals surface area contributed by atoms with Crippen molar-refractivity contribution in [1.82, 2.24) is 20.5 Å². The highest BCUT2D eigenvalue weighted by Crippen LogP contribution is 2.25. The van der Waals surface area contributed by atoms with E-state index in [9.17, 15) is 4.79 Å². The predicted octanol–water partition coefficient (Wildman–Crippen LogP) is 1.91. The van der Waals surface area contributed by atoms with Crippen molar-refractivity contribution in [3.05, 3.63) is 40.9 Å². The maximum Gasteiger partial charge on any atom is 0.309 e. The Bertz CT molecular complexity index is 672. The minimum Gasteiger partial charge on any atom is -0.417 e. The van der Waals surface area contributed by atoms with E-state index < -0.39 is 0 Å². The third kappa shape index (κ3) is 3.92. The molecule has 7 nitrogen and oxygen atoms in total. The highest BCUT2D eigenvalue weighted by molar-refractivity contribution is 5.89. The van der Waals surface area contributed by atoms with Crippen molar-refractivity contribution in [1.29, 1.82) is 0 Å². The summed E-state index contributed by atoms with van der Waals surface area (Å²) >= 11 is 0. The summed E-state index contributed by atoms with van der Waals surface area (Å²) in [5.74, 6) is 0.356. The zero-order valence-electron chi connectivity index (χ0n) is 13.3. The van der Waals surface area contributed by atoms with Crippen LogP contribution in [0.4, 0.5) is 0 Å². The number of nitrogens with one attached hydrogen (secondary N) is 1. The molecule has 122 valence electrons. The van der Waals surface area contributed by atoms with E-state index in [0.717, 1.165) is 29.8 Å². The molecule has 1 aliphatic heterocycles. The molecule has 2 aromatic heterocycles. The van der Waals surface area contributed by atoms with Gasteiger partial charge in [-0.15, -0.1) is 10.2 Å². The van der Waals surface area contributed by atoms with Gasteiger partial charge in [0, 0.05) is 37.1 Å². The van der Waals surface area contributed by atoms with Gasteiger partial charge < -0.3 is 14.5 Å². The summed E-state index contributed by atoms with van der Waals surface area (Å²) in [6.45, 7) is 5.63. The highest BCUT2D eigenvalue weighted by atomic mass is 16.5. The van der Waals surface area contributed by atoms with Crippen LogP contribution in [-0.2, 0) is 11.3 Å². The van der Waals surface area contributed by atoms with E-state index in [0.29, 0.717) is 25.6 Å². The van der Waals surface area contributed by atoms with Crippen molar-refractivity contribution < 1.29 is 13.9 Å². The van der Waals surface area contributed by atoms with E-state index in [1.165, 1.54) is 0 Å². The summed E-state index contributed by atoms with van der Waals surface area (Å²) in [5, 5.41) is 10.7. The molecule has 1 N–H and O–H groups in total. The summed E-state index contributed by atoms with van der Waals surface area (Å²) in [5.41, 5.74) is 2.84. The number of pyridine rings is 1. The predicted molar refractivity (Wildman–Crippen MR) is 82.0 cm³/mol. The van der Waals surface area contributed by atoms with Gasteiger partial charge in [-0.1, -0.05) is 0 Å². The van der Waals surface area contributed by atoms with Crippen LogP contribution in [0.25, 0.3) is 0 Å². The average molecular weight is 316 g/mol. The second-order valence-electron chi connectivity index (χ2n) is 5.77. The Hall–Kier alpha value is -2.28. The molecule has 7 heteroatoms. The lowest BCUT2D eigenvalue weighted by Crippen LogP contribution is -2.23. The van der Waals surface area contributed by atoms with Gasteiger partial charge in [-0.2, -0.15) is 0 Å². The number of carbonyl (C=O) groups is 1. The fourth-order valence-electron chi connectivity index (χ4n) is 2.72. The van der Waals surface area contributed by atoms with Crippen molar-refractivity contribution in [3.63, 3.8) is 0 Å². The van der Waals surface area contributed by atoms with Gasteiger partial charge in [0.15, 0.2) is 0 Å². The molecule has 3 rings (SSSR count). The van der Waals surface area contributed by atoms with Gasteiger partial charge >= 0.3 is 11.8 Å². The molecule has 1 aliphatic rings. The van der Waals surface area contributed by atoms with Gasteiger partial charge in [0.1, 0.15) is 0 Å². The number of amides is 1. The standard InChI is InChI=1S/C16H20N4O3/c1-10-7-12(8-11(2)18-10)9-17-14(21)16-20-19-15(23-16)13-3-5-22-6-4-13/h7-8,13H,3-6,9H2,1-2H3,(H,17,21). The maximum atomic E-state index is 12.1. The summed E-state index contributed by atoms with van der Waals surface area (Å²) < 4.78 is 10.8. The third-order valence-electron chi connectivity index (χ3n) is 3.80. The van der Waals surface area contributed by atoms with Crippen LogP contribution in [0.2, 0.25) is 0 Å². The van der Waals surface area contributed by atoms with Crippen LogP contribution in [0.5, 0.6) is 0 Å². The monoisotopic (exact) mass is 316 g/mol. The first-order valence-electron chi connectivity index (χ1n) is 7.75. The number of carbonyl (C=O) groups excluding carboxylic acids is 1. The SMILES string of the molecule is Cc1cc(CNC(=O)c2nnc(C3CCOCC3)o2)cc(C)n1. The van der Waals surface area contributed by atoms with E-state index in [1.54, 1.807) is 0 Å². The van der Waals surface area contributed by atoms with Gasteiger partial charge in [0.25, 0.3) is 0 Å². The second kappa shape index (κ2) is 6.87. The first-order chi connectivity index (χ1) is 11.1. The molecule has 0 unspecified atom stereocenters. The van der Waals surface area contributed by atoms with Gasteiger partial charge in [-0.05, 0) is 44.4 Å². The summed E-state index contributed by atoms with van der Waals surface area (Å²) in [6, 6.07) is 3.88.